The van der Waals surface area contributed by atoms with Gasteiger partial charge in [-0.3, -0.25) is 4.79 Å². The molecule has 0 bridgehead atoms. The molecule has 0 saturated heterocycles. The van der Waals surface area contributed by atoms with Gasteiger partial charge >= 0.3 is 5.97 Å². The summed E-state index contributed by atoms with van der Waals surface area (Å²) in [6, 6.07) is 26.5. The average Bonchev–Trinajstić information content (AvgIpc) is 2.73. The zero-order valence-electron chi connectivity index (χ0n) is 14.7. The Hall–Kier alpha value is -3.40. The standard InChI is InChI=1S/C23H19NO3/c25-22(20-15-18-13-7-8-14-19(18)23(26)27-20)24-21(16-9-3-1-4-10-16)17-11-5-2-6-12-17/h1-14,20-21H,15H2,(H,24,25)/t20-/m1/s1. The van der Waals surface area contributed by atoms with Crippen LogP contribution in [0.2, 0.25) is 0 Å². The molecule has 4 nitrogen and oxygen atoms in total. The summed E-state index contributed by atoms with van der Waals surface area (Å²) in [5.74, 6) is -0.747. The molecule has 0 radical (unpaired) electrons. The number of fused-ring (bicyclic) bond motifs is 1. The molecule has 0 spiro atoms. The summed E-state index contributed by atoms with van der Waals surface area (Å²) in [7, 11) is 0. The Labute approximate surface area is 157 Å². The molecule has 1 heterocycles. The Balaban J connectivity index is 1.59. The van der Waals surface area contributed by atoms with Crippen LogP contribution in [0.15, 0.2) is 84.9 Å². The van der Waals surface area contributed by atoms with Crippen LogP contribution < -0.4 is 5.32 Å². The van der Waals surface area contributed by atoms with Gasteiger partial charge in [-0.25, -0.2) is 4.79 Å². The first kappa shape index (κ1) is 17.0. The lowest BCUT2D eigenvalue weighted by Gasteiger charge is -2.27. The summed E-state index contributed by atoms with van der Waals surface area (Å²) in [6.07, 6.45) is -0.452. The predicted octanol–water partition coefficient (Wildman–Crippen LogP) is 3.67. The maximum absolute atomic E-state index is 12.9. The highest BCUT2D eigenvalue weighted by atomic mass is 16.5. The van der Waals surface area contributed by atoms with Gasteiger partial charge in [-0.15, -0.1) is 0 Å². The van der Waals surface area contributed by atoms with Crippen molar-refractivity contribution in [1.29, 1.82) is 0 Å². The second-order valence-corrected chi connectivity index (χ2v) is 6.52. The fourth-order valence-electron chi connectivity index (χ4n) is 3.36. The lowest BCUT2D eigenvalue weighted by atomic mass is 9.96. The van der Waals surface area contributed by atoms with Gasteiger partial charge in [-0.1, -0.05) is 78.9 Å². The van der Waals surface area contributed by atoms with Crippen LogP contribution in [0.4, 0.5) is 0 Å². The van der Waals surface area contributed by atoms with E-state index in [1.54, 1.807) is 12.1 Å². The lowest BCUT2D eigenvalue weighted by molar-refractivity contribution is -0.130. The minimum atomic E-state index is -0.831. The SMILES string of the molecule is O=C1O[C@@H](C(=O)NC(c2ccccc2)c2ccccc2)Cc2ccccc21. The van der Waals surface area contributed by atoms with Crippen molar-refractivity contribution >= 4 is 11.9 Å². The molecular weight excluding hydrogens is 338 g/mol. The normalized spacial score (nSPS) is 15.7. The van der Waals surface area contributed by atoms with E-state index in [2.05, 4.69) is 5.32 Å². The quantitative estimate of drug-likeness (QED) is 0.725. The first-order valence-corrected chi connectivity index (χ1v) is 8.91. The Morgan fingerprint density at radius 1 is 0.852 bits per heavy atom. The van der Waals surface area contributed by atoms with Crippen molar-refractivity contribution in [2.75, 3.05) is 0 Å². The van der Waals surface area contributed by atoms with Gasteiger partial charge in [-0.05, 0) is 22.8 Å². The van der Waals surface area contributed by atoms with Crippen LogP contribution in [-0.4, -0.2) is 18.0 Å². The highest BCUT2D eigenvalue weighted by Gasteiger charge is 2.32. The third-order valence-electron chi connectivity index (χ3n) is 4.74. The Morgan fingerprint density at radius 2 is 1.41 bits per heavy atom. The van der Waals surface area contributed by atoms with E-state index in [4.69, 9.17) is 4.74 Å². The van der Waals surface area contributed by atoms with Crippen molar-refractivity contribution in [3.63, 3.8) is 0 Å². The second kappa shape index (κ2) is 7.46. The number of rotatable bonds is 4. The summed E-state index contributed by atoms with van der Waals surface area (Å²) in [5, 5.41) is 3.05. The van der Waals surface area contributed by atoms with Crippen LogP contribution in [0, 0.1) is 0 Å². The zero-order valence-corrected chi connectivity index (χ0v) is 14.7. The molecule has 0 saturated carbocycles. The molecule has 0 fully saturated rings. The molecular formula is C23H19NO3. The van der Waals surface area contributed by atoms with Crippen molar-refractivity contribution in [3.05, 3.63) is 107 Å². The van der Waals surface area contributed by atoms with Gasteiger partial charge in [0.2, 0.25) is 0 Å². The van der Waals surface area contributed by atoms with Crippen molar-refractivity contribution in [3.8, 4) is 0 Å². The highest BCUT2D eigenvalue weighted by Crippen LogP contribution is 2.24. The summed E-state index contributed by atoms with van der Waals surface area (Å²) < 4.78 is 5.40. The third kappa shape index (κ3) is 3.60. The molecule has 3 aromatic rings. The van der Waals surface area contributed by atoms with E-state index in [0.29, 0.717) is 12.0 Å². The predicted molar refractivity (Wildman–Crippen MR) is 102 cm³/mol. The van der Waals surface area contributed by atoms with Gasteiger partial charge in [-0.2, -0.15) is 0 Å². The number of carbonyl (C=O) groups is 2. The van der Waals surface area contributed by atoms with Crippen LogP contribution in [0.5, 0.6) is 0 Å². The molecule has 134 valence electrons. The van der Waals surface area contributed by atoms with Crippen LogP contribution in [-0.2, 0) is 16.0 Å². The van der Waals surface area contributed by atoms with Crippen LogP contribution in [0.3, 0.4) is 0 Å². The van der Waals surface area contributed by atoms with Gasteiger partial charge in [0.05, 0.1) is 11.6 Å². The Morgan fingerprint density at radius 3 is 2.04 bits per heavy atom. The van der Waals surface area contributed by atoms with Gasteiger partial charge in [0.25, 0.3) is 5.91 Å². The van der Waals surface area contributed by atoms with Crippen LogP contribution >= 0.6 is 0 Å². The summed E-state index contributed by atoms with van der Waals surface area (Å²) in [4.78, 5) is 25.1. The van der Waals surface area contributed by atoms with E-state index in [1.165, 1.54) is 0 Å². The lowest BCUT2D eigenvalue weighted by Crippen LogP contribution is -2.43. The number of amides is 1. The molecule has 1 atom stereocenters. The van der Waals surface area contributed by atoms with E-state index in [-0.39, 0.29) is 11.9 Å². The molecule has 1 aliphatic heterocycles. The fraction of sp³-hybridized carbons (Fsp3) is 0.130. The third-order valence-corrected chi connectivity index (χ3v) is 4.74. The first-order valence-electron chi connectivity index (χ1n) is 8.91. The smallest absolute Gasteiger partial charge is 0.339 e. The number of nitrogens with one attached hydrogen (secondary N) is 1. The van der Waals surface area contributed by atoms with E-state index in [1.807, 2.05) is 72.8 Å². The number of esters is 1. The molecule has 4 rings (SSSR count). The maximum Gasteiger partial charge on any atom is 0.339 e. The molecule has 1 amide bonds. The highest BCUT2D eigenvalue weighted by molar-refractivity contribution is 5.95. The van der Waals surface area contributed by atoms with Crippen molar-refractivity contribution in [1.82, 2.24) is 5.32 Å². The number of carbonyl (C=O) groups excluding carboxylic acids is 2. The number of benzene rings is 3. The summed E-state index contributed by atoms with van der Waals surface area (Å²) in [6.45, 7) is 0. The largest absolute Gasteiger partial charge is 0.448 e. The first-order chi connectivity index (χ1) is 13.2. The molecule has 4 heteroatoms. The Kier molecular flexibility index (Phi) is 4.71. The number of hydrogen-bond donors (Lipinski definition) is 1. The molecule has 1 N–H and O–H groups in total. The van der Waals surface area contributed by atoms with Gasteiger partial charge < -0.3 is 10.1 Å². The summed E-state index contributed by atoms with van der Waals surface area (Å²) in [5.41, 5.74) is 3.31. The monoisotopic (exact) mass is 357 g/mol. The van der Waals surface area contributed by atoms with Gasteiger partial charge in [0.15, 0.2) is 6.10 Å². The molecule has 27 heavy (non-hydrogen) atoms. The van der Waals surface area contributed by atoms with Crippen molar-refractivity contribution < 1.29 is 14.3 Å². The molecule has 0 aromatic heterocycles. The second-order valence-electron chi connectivity index (χ2n) is 6.52. The van der Waals surface area contributed by atoms with Crippen LogP contribution in [0.1, 0.15) is 33.1 Å². The number of hydrogen-bond acceptors (Lipinski definition) is 3. The van der Waals surface area contributed by atoms with E-state index in [0.717, 1.165) is 16.7 Å². The fourth-order valence-corrected chi connectivity index (χ4v) is 3.36. The molecule has 0 aliphatic carbocycles. The minimum Gasteiger partial charge on any atom is -0.448 e. The van der Waals surface area contributed by atoms with Crippen LogP contribution in [0.25, 0.3) is 0 Å². The Bertz CT molecular complexity index is 914. The summed E-state index contributed by atoms with van der Waals surface area (Å²) >= 11 is 0. The van der Waals surface area contributed by atoms with Gasteiger partial charge in [0, 0.05) is 6.42 Å². The van der Waals surface area contributed by atoms with Gasteiger partial charge in [0.1, 0.15) is 0 Å². The average molecular weight is 357 g/mol. The topological polar surface area (TPSA) is 55.4 Å². The molecule has 3 aromatic carbocycles. The number of ether oxygens (including phenoxy) is 1. The van der Waals surface area contributed by atoms with E-state index >= 15 is 0 Å². The maximum atomic E-state index is 12.9. The molecule has 0 unspecified atom stereocenters. The van der Waals surface area contributed by atoms with Crippen molar-refractivity contribution in [2.45, 2.75) is 18.6 Å². The number of cyclic esters (lactones) is 1. The molecule has 1 aliphatic rings. The zero-order chi connectivity index (χ0) is 18.6. The minimum absolute atomic E-state index is 0.296. The van der Waals surface area contributed by atoms with E-state index < -0.39 is 12.1 Å². The van der Waals surface area contributed by atoms with E-state index in [9.17, 15) is 9.59 Å². The van der Waals surface area contributed by atoms with Crippen molar-refractivity contribution in [2.24, 2.45) is 0 Å².